The van der Waals surface area contributed by atoms with Crippen LogP contribution in [0.25, 0.3) is 0 Å². The molecule has 33 heavy (non-hydrogen) atoms. The number of allylic oxidation sites excluding steroid dienone is 1. The molecule has 1 amide bonds. The Balaban J connectivity index is 1.99. The minimum atomic E-state index is -0.661. The molecule has 180 valence electrons. The second-order valence-electron chi connectivity index (χ2n) is 8.23. The molecular formula is C24H32N2O6S. The van der Waals surface area contributed by atoms with Crippen LogP contribution in [0.1, 0.15) is 45.2 Å². The summed E-state index contributed by atoms with van der Waals surface area (Å²) in [5.41, 5.74) is 1.60. The molecule has 0 radical (unpaired) electrons. The number of benzene rings is 1. The summed E-state index contributed by atoms with van der Waals surface area (Å²) in [4.78, 5) is 32.2. The molecule has 0 N–H and O–H groups in total. The third-order valence-corrected chi connectivity index (χ3v) is 6.36. The van der Waals surface area contributed by atoms with Gasteiger partial charge in [-0.05, 0) is 37.0 Å². The van der Waals surface area contributed by atoms with Gasteiger partial charge < -0.3 is 18.9 Å². The number of carbonyl (C=O) groups excluding carboxylic acids is 2. The largest absolute Gasteiger partial charge is 0.493 e. The van der Waals surface area contributed by atoms with E-state index in [1.807, 2.05) is 18.2 Å². The number of fused-ring (bicyclic) bond motifs is 1. The Labute approximate surface area is 199 Å². The molecule has 0 aliphatic carbocycles. The molecule has 2 aliphatic heterocycles. The highest BCUT2D eigenvalue weighted by Crippen LogP contribution is 2.42. The Bertz CT molecular complexity index is 943. The highest BCUT2D eigenvalue weighted by atomic mass is 32.2. The number of amides is 1. The van der Waals surface area contributed by atoms with E-state index in [4.69, 9.17) is 18.9 Å². The van der Waals surface area contributed by atoms with E-state index >= 15 is 0 Å². The van der Waals surface area contributed by atoms with E-state index < -0.39 is 12.0 Å². The van der Waals surface area contributed by atoms with Crippen LogP contribution < -0.4 is 9.47 Å². The van der Waals surface area contributed by atoms with Crippen molar-refractivity contribution >= 4 is 28.8 Å². The predicted octanol–water partition coefficient (Wildman–Crippen LogP) is 3.96. The van der Waals surface area contributed by atoms with E-state index in [1.165, 1.54) is 11.8 Å². The molecule has 0 aromatic heterocycles. The van der Waals surface area contributed by atoms with Crippen LogP contribution in [0.15, 0.2) is 34.5 Å². The van der Waals surface area contributed by atoms with Gasteiger partial charge in [0, 0.05) is 19.3 Å². The van der Waals surface area contributed by atoms with Crippen LogP contribution in [0, 0.1) is 5.92 Å². The maximum Gasteiger partial charge on any atom is 0.338 e. The lowest BCUT2D eigenvalue weighted by atomic mass is 9.94. The number of rotatable bonds is 10. The molecule has 1 atom stereocenters. The van der Waals surface area contributed by atoms with Crippen molar-refractivity contribution in [2.24, 2.45) is 10.9 Å². The number of hydrogen-bond donors (Lipinski definition) is 0. The Morgan fingerprint density at radius 3 is 2.70 bits per heavy atom. The van der Waals surface area contributed by atoms with Crippen molar-refractivity contribution < 1.29 is 28.5 Å². The predicted molar refractivity (Wildman–Crippen MR) is 128 cm³/mol. The van der Waals surface area contributed by atoms with Gasteiger partial charge in [-0.25, -0.2) is 9.79 Å². The molecule has 1 aromatic carbocycles. The molecular weight excluding hydrogens is 444 g/mol. The average Bonchev–Trinajstić information content (AvgIpc) is 2.78. The molecule has 1 aromatic rings. The Kier molecular flexibility index (Phi) is 8.80. The second kappa shape index (κ2) is 11.6. The molecule has 0 unspecified atom stereocenters. The van der Waals surface area contributed by atoms with Crippen LogP contribution in [-0.2, 0) is 19.1 Å². The number of nitrogens with zero attached hydrogens (tertiary/aromatic N) is 2. The second-order valence-corrected chi connectivity index (χ2v) is 9.29. The van der Waals surface area contributed by atoms with Gasteiger partial charge in [0.2, 0.25) is 5.91 Å². The summed E-state index contributed by atoms with van der Waals surface area (Å²) in [6, 6.07) is 4.85. The Hall–Kier alpha value is -2.52. The van der Waals surface area contributed by atoms with Crippen LogP contribution in [0.2, 0.25) is 0 Å². The van der Waals surface area contributed by atoms with Gasteiger partial charge in [-0.3, -0.25) is 9.69 Å². The van der Waals surface area contributed by atoms with Gasteiger partial charge in [0.1, 0.15) is 6.61 Å². The molecule has 3 rings (SSSR count). The van der Waals surface area contributed by atoms with Gasteiger partial charge in [-0.15, -0.1) is 0 Å². The van der Waals surface area contributed by atoms with Crippen LogP contribution in [0.4, 0.5) is 0 Å². The minimum absolute atomic E-state index is 0.0802. The van der Waals surface area contributed by atoms with E-state index in [0.717, 1.165) is 12.0 Å². The standard InChI is InChI=1S/C24H32N2O6S/c1-15(2)8-10-31-18-7-6-17(14-19(18)30-5)22-21(23(28)32-12-11-29-4)16(3)25-24-26(22)20(27)9-13-33-24/h6-7,14-15,22H,8-13H2,1-5H3/t22-/m0/s1. The third kappa shape index (κ3) is 5.89. The lowest BCUT2D eigenvalue weighted by Crippen LogP contribution is -2.45. The molecule has 9 heteroatoms. The number of thioether (sulfide) groups is 1. The molecule has 8 nitrogen and oxygen atoms in total. The highest BCUT2D eigenvalue weighted by molar-refractivity contribution is 8.14. The van der Waals surface area contributed by atoms with Crippen molar-refractivity contribution in [3.05, 3.63) is 35.0 Å². The van der Waals surface area contributed by atoms with Crippen molar-refractivity contribution in [2.75, 3.05) is 39.8 Å². The van der Waals surface area contributed by atoms with Crippen molar-refractivity contribution in [1.29, 1.82) is 0 Å². The lowest BCUT2D eigenvalue weighted by molar-refractivity contribution is -0.141. The summed E-state index contributed by atoms with van der Waals surface area (Å²) in [7, 11) is 3.12. The molecule has 2 aliphatic rings. The van der Waals surface area contributed by atoms with E-state index in [2.05, 4.69) is 18.8 Å². The molecule has 1 saturated heterocycles. The van der Waals surface area contributed by atoms with Gasteiger partial charge in [0.15, 0.2) is 16.7 Å². The number of ether oxygens (including phenoxy) is 4. The van der Waals surface area contributed by atoms with E-state index in [9.17, 15) is 9.59 Å². The highest BCUT2D eigenvalue weighted by Gasteiger charge is 2.42. The average molecular weight is 477 g/mol. The van der Waals surface area contributed by atoms with Gasteiger partial charge in [-0.2, -0.15) is 0 Å². The monoisotopic (exact) mass is 476 g/mol. The van der Waals surface area contributed by atoms with Crippen LogP contribution >= 0.6 is 11.8 Å². The van der Waals surface area contributed by atoms with E-state index in [-0.39, 0.29) is 19.1 Å². The van der Waals surface area contributed by atoms with Crippen molar-refractivity contribution in [3.8, 4) is 11.5 Å². The summed E-state index contributed by atoms with van der Waals surface area (Å²) >= 11 is 1.51. The van der Waals surface area contributed by atoms with E-state index in [1.54, 1.807) is 26.0 Å². The first-order valence-corrected chi connectivity index (χ1v) is 12.1. The minimum Gasteiger partial charge on any atom is -0.493 e. The van der Waals surface area contributed by atoms with Crippen molar-refractivity contribution in [3.63, 3.8) is 0 Å². The quantitative estimate of drug-likeness (QED) is 0.373. The fraction of sp³-hybridized carbons (Fsp3) is 0.542. The third-order valence-electron chi connectivity index (χ3n) is 5.40. The zero-order valence-corrected chi connectivity index (χ0v) is 20.7. The van der Waals surface area contributed by atoms with Crippen LogP contribution in [0.5, 0.6) is 11.5 Å². The molecule has 1 fully saturated rings. The number of methoxy groups -OCH3 is 2. The van der Waals surface area contributed by atoms with E-state index in [0.29, 0.717) is 52.6 Å². The van der Waals surface area contributed by atoms with Gasteiger partial charge >= 0.3 is 5.97 Å². The Morgan fingerprint density at radius 1 is 1.21 bits per heavy atom. The number of amidine groups is 1. The first-order chi connectivity index (χ1) is 15.9. The number of aliphatic imine (C=N–C) groups is 1. The fourth-order valence-electron chi connectivity index (χ4n) is 3.65. The van der Waals surface area contributed by atoms with Crippen LogP contribution in [-0.4, -0.2) is 61.7 Å². The Morgan fingerprint density at radius 2 is 2.00 bits per heavy atom. The summed E-state index contributed by atoms with van der Waals surface area (Å²) in [6.07, 6.45) is 1.30. The first kappa shape index (κ1) is 25.1. The van der Waals surface area contributed by atoms with Crippen molar-refractivity contribution in [1.82, 2.24) is 4.90 Å². The zero-order chi connectivity index (χ0) is 24.0. The molecule has 0 saturated carbocycles. The molecule has 0 bridgehead atoms. The topological polar surface area (TPSA) is 86.7 Å². The normalized spacial score (nSPS) is 18.2. The summed E-state index contributed by atoms with van der Waals surface area (Å²) in [5.74, 6) is 1.75. The molecule has 0 spiro atoms. The van der Waals surface area contributed by atoms with Gasteiger partial charge in [0.05, 0.1) is 37.6 Å². The number of hydrogen-bond acceptors (Lipinski definition) is 8. The number of carbonyl (C=O) groups is 2. The zero-order valence-electron chi connectivity index (χ0n) is 19.9. The SMILES string of the molecule is COCCOC(=O)C1=C(C)N=C2SCCC(=O)N2[C@H]1c1ccc(OCCC(C)C)c(OC)c1. The summed E-state index contributed by atoms with van der Waals surface area (Å²) in [5, 5.41) is 0.596. The van der Waals surface area contributed by atoms with Gasteiger partial charge in [-0.1, -0.05) is 31.7 Å². The smallest absolute Gasteiger partial charge is 0.338 e. The fourth-order valence-corrected chi connectivity index (χ4v) is 4.65. The first-order valence-electron chi connectivity index (χ1n) is 11.1. The maximum absolute atomic E-state index is 13.1. The van der Waals surface area contributed by atoms with Crippen molar-refractivity contribution in [2.45, 2.75) is 39.7 Å². The lowest BCUT2D eigenvalue weighted by Gasteiger charge is -2.39. The maximum atomic E-state index is 13.1. The van der Waals surface area contributed by atoms with Crippen LogP contribution in [0.3, 0.4) is 0 Å². The summed E-state index contributed by atoms with van der Waals surface area (Å²) in [6.45, 7) is 7.02. The summed E-state index contributed by atoms with van der Waals surface area (Å²) < 4.78 is 21.9. The van der Waals surface area contributed by atoms with Gasteiger partial charge in [0.25, 0.3) is 0 Å². The number of esters is 1. The molecule has 2 heterocycles.